The third-order valence-electron chi connectivity index (χ3n) is 2.22. The van der Waals surface area contributed by atoms with Crippen LogP contribution in [0.15, 0.2) is 24.3 Å². The first-order chi connectivity index (χ1) is 7.15. The summed E-state index contributed by atoms with van der Waals surface area (Å²) in [7, 11) is 0. The van der Waals surface area contributed by atoms with E-state index >= 15 is 0 Å². The summed E-state index contributed by atoms with van der Waals surface area (Å²) >= 11 is 0. The Morgan fingerprint density at radius 2 is 2.13 bits per heavy atom. The molecule has 1 amide bonds. The van der Waals surface area contributed by atoms with E-state index in [1.807, 2.05) is 13.8 Å². The van der Waals surface area contributed by atoms with Gasteiger partial charge < -0.3 is 5.32 Å². The average molecular weight is 209 g/mol. The van der Waals surface area contributed by atoms with Crippen LogP contribution < -0.4 is 5.32 Å². The van der Waals surface area contributed by atoms with Crippen molar-refractivity contribution in [3.8, 4) is 0 Å². The molecule has 0 aliphatic carbocycles. The Bertz CT molecular complexity index is 338. The summed E-state index contributed by atoms with van der Waals surface area (Å²) < 4.78 is 13.2. The van der Waals surface area contributed by atoms with Crippen LogP contribution in [0.25, 0.3) is 0 Å². The van der Waals surface area contributed by atoms with E-state index in [2.05, 4.69) is 5.32 Å². The molecule has 0 radical (unpaired) electrons. The van der Waals surface area contributed by atoms with Gasteiger partial charge in [-0.15, -0.1) is 0 Å². The number of rotatable bonds is 4. The van der Waals surface area contributed by atoms with Crippen molar-refractivity contribution in [2.24, 2.45) is 0 Å². The fraction of sp³-hybridized carbons (Fsp3) is 0.417. The molecular formula is C12H16FNO. The van der Waals surface area contributed by atoms with Gasteiger partial charge in [-0.2, -0.15) is 0 Å². The van der Waals surface area contributed by atoms with Gasteiger partial charge in [0.05, 0.1) is 5.56 Å². The Morgan fingerprint density at radius 1 is 1.47 bits per heavy atom. The van der Waals surface area contributed by atoms with E-state index in [9.17, 15) is 9.18 Å². The van der Waals surface area contributed by atoms with E-state index in [0.717, 1.165) is 12.8 Å². The fourth-order valence-electron chi connectivity index (χ4n) is 1.45. The van der Waals surface area contributed by atoms with Crippen molar-refractivity contribution in [2.45, 2.75) is 32.7 Å². The summed E-state index contributed by atoms with van der Waals surface area (Å²) in [5.74, 6) is -0.812. The summed E-state index contributed by atoms with van der Waals surface area (Å²) in [6.45, 7) is 3.97. The lowest BCUT2D eigenvalue weighted by Gasteiger charge is -2.12. The second-order valence-electron chi connectivity index (χ2n) is 3.64. The van der Waals surface area contributed by atoms with E-state index < -0.39 is 5.82 Å². The van der Waals surface area contributed by atoms with Gasteiger partial charge in [-0.3, -0.25) is 4.79 Å². The minimum absolute atomic E-state index is 0.0853. The molecule has 2 nitrogen and oxygen atoms in total. The lowest BCUT2D eigenvalue weighted by Crippen LogP contribution is -2.32. The minimum Gasteiger partial charge on any atom is -0.349 e. The first-order valence-corrected chi connectivity index (χ1v) is 5.20. The molecule has 1 aromatic carbocycles. The molecular weight excluding hydrogens is 193 g/mol. The Labute approximate surface area is 89.5 Å². The number of amides is 1. The van der Waals surface area contributed by atoms with Gasteiger partial charge >= 0.3 is 0 Å². The first kappa shape index (κ1) is 11.7. The zero-order valence-electron chi connectivity index (χ0n) is 9.09. The quantitative estimate of drug-likeness (QED) is 0.811. The molecule has 0 heterocycles. The van der Waals surface area contributed by atoms with Gasteiger partial charge in [0.15, 0.2) is 0 Å². The monoisotopic (exact) mass is 209 g/mol. The molecule has 0 bridgehead atoms. The van der Waals surface area contributed by atoms with Gasteiger partial charge in [0.1, 0.15) is 5.82 Å². The van der Waals surface area contributed by atoms with Crippen molar-refractivity contribution < 1.29 is 9.18 Å². The van der Waals surface area contributed by atoms with E-state index in [0.29, 0.717) is 0 Å². The van der Waals surface area contributed by atoms with Gasteiger partial charge in [-0.1, -0.05) is 25.5 Å². The molecule has 1 atom stereocenters. The van der Waals surface area contributed by atoms with Crippen LogP contribution in [-0.2, 0) is 0 Å². The number of hydrogen-bond acceptors (Lipinski definition) is 1. The largest absolute Gasteiger partial charge is 0.349 e. The van der Waals surface area contributed by atoms with Crippen molar-refractivity contribution in [2.75, 3.05) is 0 Å². The Kier molecular flexibility index (Phi) is 4.28. The molecule has 0 aliphatic rings. The van der Waals surface area contributed by atoms with Gasteiger partial charge in [0.2, 0.25) is 0 Å². The molecule has 15 heavy (non-hydrogen) atoms. The van der Waals surface area contributed by atoms with E-state index in [1.54, 1.807) is 12.1 Å². The van der Waals surface area contributed by atoms with Crippen molar-refractivity contribution in [3.05, 3.63) is 35.6 Å². The molecule has 3 heteroatoms. The van der Waals surface area contributed by atoms with Crippen molar-refractivity contribution >= 4 is 5.91 Å². The van der Waals surface area contributed by atoms with Gasteiger partial charge in [0, 0.05) is 6.04 Å². The molecule has 0 aliphatic heterocycles. The Hall–Kier alpha value is -1.38. The SMILES string of the molecule is CCCC(C)NC(=O)c1ccccc1F. The van der Waals surface area contributed by atoms with Crippen molar-refractivity contribution in [3.63, 3.8) is 0 Å². The van der Waals surface area contributed by atoms with Crippen LogP contribution >= 0.6 is 0 Å². The van der Waals surface area contributed by atoms with E-state index in [-0.39, 0.29) is 17.5 Å². The highest BCUT2D eigenvalue weighted by molar-refractivity contribution is 5.94. The van der Waals surface area contributed by atoms with Crippen LogP contribution in [0.4, 0.5) is 4.39 Å². The highest BCUT2D eigenvalue weighted by atomic mass is 19.1. The molecule has 1 N–H and O–H groups in total. The lowest BCUT2D eigenvalue weighted by molar-refractivity contribution is 0.0934. The van der Waals surface area contributed by atoms with Crippen LogP contribution in [0, 0.1) is 5.82 Å². The predicted octanol–water partition coefficient (Wildman–Crippen LogP) is 2.74. The second-order valence-corrected chi connectivity index (χ2v) is 3.64. The van der Waals surface area contributed by atoms with Crippen LogP contribution in [0.5, 0.6) is 0 Å². The summed E-state index contributed by atoms with van der Waals surface area (Å²) in [4.78, 5) is 11.6. The Morgan fingerprint density at radius 3 is 2.73 bits per heavy atom. The highest BCUT2D eigenvalue weighted by Crippen LogP contribution is 2.07. The summed E-state index contributed by atoms with van der Waals surface area (Å²) in [5.41, 5.74) is 0.112. The molecule has 1 aromatic rings. The fourth-order valence-corrected chi connectivity index (χ4v) is 1.45. The summed E-state index contributed by atoms with van der Waals surface area (Å²) in [6, 6.07) is 6.09. The normalized spacial score (nSPS) is 12.2. The smallest absolute Gasteiger partial charge is 0.254 e. The standard InChI is InChI=1S/C12H16FNO/c1-3-6-9(2)14-12(15)10-7-4-5-8-11(10)13/h4-5,7-9H,3,6H2,1-2H3,(H,14,15). The molecule has 0 fully saturated rings. The zero-order chi connectivity index (χ0) is 11.3. The molecule has 1 rings (SSSR count). The maximum Gasteiger partial charge on any atom is 0.254 e. The van der Waals surface area contributed by atoms with Gasteiger partial charge in [0.25, 0.3) is 5.91 Å². The van der Waals surface area contributed by atoms with Crippen molar-refractivity contribution in [1.29, 1.82) is 0 Å². The van der Waals surface area contributed by atoms with E-state index in [4.69, 9.17) is 0 Å². The zero-order valence-corrected chi connectivity index (χ0v) is 9.09. The predicted molar refractivity (Wildman–Crippen MR) is 58.2 cm³/mol. The highest BCUT2D eigenvalue weighted by Gasteiger charge is 2.12. The third-order valence-corrected chi connectivity index (χ3v) is 2.22. The molecule has 0 saturated carbocycles. The molecule has 82 valence electrons. The lowest BCUT2D eigenvalue weighted by atomic mass is 10.1. The maximum absolute atomic E-state index is 13.2. The summed E-state index contributed by atoms with van der Waals surface area (Å²) in [6.07, 6.45) is 1.90. The molecule has 1 unspecified atom stereocenters. The average Bonchev–Trinajstić information content (AvgIpc) is 2.18. The van der Waals surface area contributed by atoms with Gasteiger partial charge in [-0.25, -0.2) is 4.39 Å². The topological polar surface area (TPSA) is 29.1 Å². The third kappa shape index (κ3) is 3.35. The maximum atomic E-state index is 13.2. The number of halogens is 1. The Balaban J connectivity index is 2.65. The summed E-state index contributed by atoms with van der Waals surface area (Å²) in [5, 5.41) is 2.76. The first-order valence-electron chi connectivity index (χ1n) is 5.20. The molecule has 0 spiro atoms. The van der Waals surface area contributed by atoms with Crippen LogP contribution in [0.3, 0.4) is 0 Å². The number of carbonyl (C=O) groups excluding carboxylic acids is 1. The second kappa shape index (κ2) is 5.49. The number of hydrogen-bond donors (Lipinski definition) is 1. The van der Waals surface area contributed by atoms with Gasteiger partial charge in [-0.05, 0) is 25.5 Å². The number of carbonyl (C=O) groups is 1. The number of benzene rings is 1. The van der Waals surface area contributed by atoms with Crippen LogP contribution in [0.1, 0.15) is 37.0 Å². The van der Waals surface area contributed by atoms with Crippen molar-refractivity contribution in [1.82, 2.24) is 5.32 Å². The number of nitrogens with one attached hydrogen (secondary N) is 1. The van der Waals surface area contributed by atoms with Crippen LogP contribution in [0.2, 0.25) is 0 Å². The van der Waals surface area contributed by atoms with Crippen LogP contribution in [-0.4, -0.2) is 11.9 Å². The molecule has 0 aromatic heterocycles. The minimum atomic E-state index is -0.473. The molecule has 0 saturated heterocycles. The van der Waals surface area contributed by atoms with E-state index in [1.165, 1.54) is 12.1 Å².